The Morgan fingerprint density at radius 3 is 1.93 bits per heavy atom. The van der Waals surface area contributed by atoms with Gasteiger partial charge in [0.2, 0.25) is 0 Å². The molecule has 5 atom stereocenters. The highest BCUT2D eigenvalue weighted by Gasteiger charge is 2.67. The molecule has 0 amide bonds. The molecule has 1 saturated heterocycles. The van der Waals surface area contributed by atoms with E-state index in [1.165, 1.54) is 24.3 Å². The standard InChI is InChI=1S/C36H37F3O4/c1-3-32-25(2)33(41-23-27-12-6-4-7-13-27)34(42-24-28-14-8-5-9-15-28)36(40,43-32)35(38,39)31-17-11-10-16-29(31)22-26-18-20-30(37)21-19-26/h4-21,25,32-34,40H,3,22-24H2,1-2H3/t25-,32-,33+,34-,36-/m1/s1. The predicted molar refractivity (Wildman–Crippen MR) is 159 cm³/mol. The van der Waals surface area contributed by atoms with Crippen LogP contribution in [0.5, 0.6) is 0 Å². The van der Waals surface area contributed by atoms with Crippen LogP contribution in [0.25, 0.3) is 0 Å². The first-order valence-electron chi connectivity index (χ1n) is 14.6. The van der Waals surface area contributed by atoms with E-state index in [4.69, 9.17) is 14.2 Å². The van der Waals surface area contributed by atoms with E-state index in [9.17, 15) is 9.50 Å². The van der Waals surface area contributed by atoms with Crippen LogP contribution >= 0.6 is 0 Å². The maximum absolute atomic E-state index is 17.0. The molecule has 7 heteroatoms. The van der Waals surface area contributed by atoms with Crippen molar-refractivity contribution < 1.29 is 32.5 Å². The highest BCUT2D eigenvalue weighted by Crippen LogP contribution is 2.50. The van der Waals surface area contributed by atoms with Gasteiger partial charge in [0, 0.05) is 11.5 Å². The van der Waals surface area contributed by atoms with Crippen LogP contribution in [0.1, 0.15) is 48.1 Å². The normalized spacial score (nSPS) is 24.1. The van der Waals surface area contributed by atoms with Crippen molar-refractivity contribution in [2.24, 2.45) is 5.92 Å². The number of halogens is 3. The number of rotatable bonds is 11. The molecule has 1 aliphatic heterocycles. The molecule has 0 aliphatic carbocycles. The quantitative estimate of drug-likeness (QED) is 0.194. The molecule has 0 spiro atoms. The largest absolute Gasteiger partial charge is 0.370 e. The summed E-state index contributed by atoms with van der Waals surface area (Å²) in [4.78, 5) is 0. The van der Waals surface area contributed by atoms with Gasteiger partial charge in [-0.1, -0.05) is 111 Å². The van der Waals surface area contributed by atoms with E-state index in [0.717, 1.165) is 11.1 Å². The van der Waals surface area contributed by atoms with Crippen LogP contribution < -0.4 is 0 Å². The fourth-order valence-electron chi connectivity index (χ4n) is 5.79. The van der Waals surface area contributed by atoms with Crippen LogP contribution in [0.4, 0.5) is 13.2 Å². The lowest BCUT2D eigenvalue weighted by atomic mass is 9.80. The summed E-state index contributed by atoms with van der Waals surface area (Å²) in [6.07, 6.45) is -2.68. The second-order valence-corrected chi connectivity index (χ2v) is 11.1. The molecule has 4 nitrogen and oxygen atoms in total. The molecular formula is C36H37F3O4. The highest BCUT2D eigenvalue weighted by atomic mass is 19.3. The zero-order valence-corrected chi connectivity index (χ0v) is 24.3. The lowest BCUT2D eigenvalue weighted by Crippen LogP contribution is -2.69. The molecular weight excluding hydrogens is 553 g/mol. The van der Waals surface area contributed by atoms with Crippen molar-refractivity contribution in [1.82, 2.24) is 0 Å². The molecule has 0 radical (unpaired) electrons. The molecule has 0 saturated carbocycles. The second-order valence-electron chi connectivity index (χ2n) is 11.1. The average Bonchev–Trinajstić information content (AvgIpc) is 3.03. The van der Waals surface area contributed by atoms with E-state index in [0.29, 0.717) is 12.0 Å². The Labute approximate surface area is 251 Å². The van der Waals surface area contributed by atoms with Crippen molar-refractivity contribution in [2.75, 3.05) is 0 Å². The van der Waals surface area contributed by atoms with Crippen molar-refractivity contribution in [3.05, 3.63) is 143 Å². The second kappa shape index (κ2) is 13.4. The minimum Gasteiger partial charge on any atom is -0.370 e. The minimum absolute atomic E-state index is 0.0286. The van der Waals surface area contributed by atoms with Crippen molar-refractivity contribution in [3.63, 3.8) is 0 Å². The van der Waals surface area contributed by atoms with Crippen LogP contribution in [0.3, 0.4) is 0 Å². The number of aliphatic hydroxyl groups is 1. The highest BCUT2D eigenvalue weighted by molar-refractivity contribution is 5.37. The van der Waals surface area contributed by atoms with Gasteiger partial charge in [-0.15, -0.1) is 0 Å². The van der Waals surface area contributed by atoms with Crippen molar-refractivity contribution in [2.45, 2.75) is 69.9 Å². The van der Waals surface area contributed by atoms with Gasteiger partial charge in [-0.25, -0.2) is 4.39 Å². The number of hydrogen-bond acceptors (Lipinski definition) is 4. The lowest BCUT2D eigenvalue weighted by molar-refractivity contribution is -0.419. The Morgan fingerprint density at radius 1 is 0.767 bits per heavy atom. The van der Waals surface area contributed by atoms with Crippen molar-refractivity contribution >= 4 is 0 Å². The first-order valence-corrected chi connectivity index (χ1v) is 14.6. The molecule has 1 fully saturated rings. The predicted octanol–water partition coefficient (Wildman–Crippen LogP) is 7.81. The Morgan fingerprint density at radius 2 is 1.33 bits per heavy atom. The van der Waals surface area contributed by atoms with Crippen LogP contribution in [0.2, 0.25) is 0 Å². The Kier molecular flexibility index (Phi) is 9.67. The molecule has 226 valence electrons. The Hall–Kier alpha value is -3.49. The summed E-state index contributed by atoms with van der Waals surface area (Å²) in [6.45, 7) is 3.84. The van der Waals surface area contributed by atoms with Gasteiger partial charge < -0.3 is 19.3 Å². The number of benzene rings is 4. The third kappa shape index (κ3) is 6.70. The molecule has 0 unspecified atom stereocenters. The molecule has 1 aliphatic rings. The fourth-order valence-corrected chi connectivity index (χ4v) is 5.79. The van der Waals surface area contributed by atoms with Gasteiger partial charge in [0.05, 0.1) is 25.4 Å². The van der Waals surface area contributed by atoms with Crippen LogP contribution in [0, 0.1) is 11.7 Å². The van der Waals surface area contributed by atoms with E-state index in [-0.39, 0.29) is 36.7 Å². The molecule has 43 heavy (non-hydrogen) atoms. The first kappa shape index (κ1) is 31.0. The van der Waals surface area contributed by atoms with Gasteiger partial charge in [-0.2, -0.15) is 8.78 Å². The third-order valence-corrected chi connectivity index (χ3v) is 8.19. The minimum atomic E-state index is -3.91. The van der Waals surface area contributed by atoms with Gasteiger partial charge in [0.1, 0.15) is 11.9 Å². The Balaban J connectivity index is 1.55. The van der Waals surface area contributed by atoms with Gasteiger partial charge in [-0.05, 0) is 47.2 Å². The number of ether oxygens (including phenoxy) is 3. The summed E-state index contributed by atoms with van der Waals surface area (Å²) in [5, 5.41) is 12.2. The van der Waals surface area contributed by atoms with Crippen LogP contribution in [-0.2, 0) is 39.8 Å². The molecule has 1 N–H and O–H groups in total. The van der Waals surface area contributed by atoms with Gasteiger partial charge in [0.25, 0.3) is 5.79 Å². The van der Waals surface area contributed by atoms with Gasteiger partial charge in [0.15, 0.2) is 0 Å². The first-order chi connectivity index (χ1) is 20.7. The molecule has 0 aromatic heterocycles. The summed E-state index contributed by atoms with van der Waals surface area (Å²) in [7, 11) is 0. The smallest absolute Gasteiger partial charge is 0.328 e. The van der Waals surface area contributed by atoms with Crippen molar-refractivity contribution in [1.29, 1.82) is 0 Å². The van der Waals surface area contributed by atoms with Crippen molar-refractivity contribution in [3.8, 4) is 0 Å². The fraction of sp³-hybridized carbons (Fsp3) is 0.333. The third-order valence-electron chi connectivity index (χ3n) is 8.19. The van der Waals surface area contributed by atoms with E-state index in [2.05, 4.69) is 0 Å². The number of hydrogen-bond donors (Lipinski definition) is 1. The molecule has 4 aromatic rings. The van der Waals surface area contributed by atoms with Crippen LogP contribution in [-0.4, -0.2) is 29.2 Å². The molecule has 0 bridgehead atoms. The SMILES string of the molecule is CC[C@H]1O[C@@](O)(C(F)(F)c2ccccc2Cc2ccc(F)cc2)[C@H](OCc2ccccc2)[C@@H](OCc2ccccc2)[C@@H]1C. The van der Waals surface area contributed by atoms with Gasteiger partial charge in [-0.3, -0.25) is 0 Å². The summed E-state index contributed by atoms with van der Waals surface area (Å²) in [6, 6.07) is 30.4. The summed E-state index contributed by atoms with van der Waals surface area (Å²) >= 11 is 0. The zero-order chi connectivity index (χ0) is 30.5. The van der Waals surface area contributed by atoms with E-state index in [1.54, 1.807) is 24.3 Å². The van der Waals surface area contributed by atoms with E-state index < -0.39 is 35.8 Å². The average molecular weight is 591 g/mol. The molecule has 4 aromatic carbocycles. The monoisotopic (exact) mass is 590 g/mol. The summed E-state index contributed by atoms with van der Waals surface area (Å²) in [5.74, 6) is -7.74. The van der Waals surface area contributed by atoms with E-state index in [1.807, 2.05) is 74.5 Å². The topological polar surface area (TPSA) is 47.9 Å². The Bertz CT molecular complexity index is 1450. The zero-order valence-electron chi connectivity index (χ0n) is 24.3. The van der Waals surface area contributed by atoms with E-state index >= 15 is 8.78 Å². The molecule has 1 heterocycles. The maximum Gasteiger partial charge on any atom is 0.328 e. The van der Waals surface area contributed by atoms with Crippen LogP contribution in [0.15, 0.2) is 109 Å². The van der Waals surface area contributed by atoms with Gasteiger partial charge >= 0.3 is 5.92 Å². The lowest BCUT2D eigenvalue weighted by Gasteiger charge is -2.52. The summed E-state index contributed by atoms with van der Waals surface area (Å²) < 4.78 is 66.2. The number of alkyl halides is 2. The molecule has 5 rings (SSSR count). The summed E-state index contributed by atoms with van der Waals surface area (Å²) in [5.41, 5.74) is 2.18. The maximum atomic E-state index is 17.0.